The van der Waals surface area contributed by atoms with Crippen LogP contribution in [-0.4, -0.2) is 0 Å². The highest BCUT2D eigenvalue weighted by molar-refractivity contribution is 5.92. The summed E-state index contributed by atoms with van der Waals surface area (Å²) in [5.74, 6) is 0. The molecule has 138 valence electrons. The number of aryl methyl sites for hydroxylation is 5. The van der Waals surface area contributed by atoms with Gasteiger partial charge in [-0.05, 0) is 83.8 Å². The zero-order valence-electron chi connectivity index (χ0n) is 17.1. The van der Waals surface area contributed by atoms with Gasteiger partial charge in [-0.1, -0.05) is 42.5 Å². The van der Waals surface area contributed by atoms with Crippen LogP contribution in [0.3, 0.4) is 0 Å². The predicted octanol–water partition coefficient (Wildman–Crippen LogP) is 6.02. The Labute approximate surface area is 167 Å². The molecule has 0 fully saturated rings. The van der Waals surface area contributed by atoms with Gasteiger partial charge in [0.05, 0.1) is 5.56 Å². The fourth-order valence-electron chi connectivity index (χ4n) is 4.77. The number of hydrogen-bond donors (Lipinski definition) is 0. The third-order valence-electron chi connectivity index (χ3n) is 6.43. The molecule has 0 saturated carbocycles. The van der Waals surface area contributed by atoms with Crippen LogP contribution in [0.25, 0.3) is 33.2 Å². The van der Waals surface area contributed by atoms with Gasteiger partial charge in [0.1, 0.15) is 7.05 Å². The summed E-state index contributed by atoms with van der Waals surface area (Å²) in [6.45, 7) is 6.65. The number of benzene rings is 3. The number of nitrogens with zero attached hydrogens (tertiary/aromatic N) is 1. The summed E-state index contributed by atoms with van der Waals surface area (Å²) in [4.78, 5) is 0. The fourth-order valence-corrected chi connectivity index (χ4v) is 4.77. The van der Waals surface area contributed by atoms with E-state index in [1.54, 1.807) is 0 Å². The molecule has 5 rings (SSSR count). The largest absolute Gasteiger partial charge is 0.213 e. The van der Waals surface area contributed by atoms with Gasteiger partial charge in [-0.2, -0.15) is 0 Å². The van der Waals surface area contributed by atoms with Crippen molar-refractivity contribution in [3.05, 3.63) is 88.6 Å². The first-order valence-electron chi connectivity index (χ1n) is 10.1. The average molecular weight is 365 g/mol. The van der Waals surface area contributed by atoms with Crippen molar-refractivity contribution in [3.63, 3.8) is 0 Å². The third-order valence-corrected chi connectivity index (χ3v) is 6.43. The highest BCUT2D eigenvalue weighted by Crippen LogP contribution is 2.41. The van der Waals surface area contributed by atoms with Gasteiger partial charge >= 0.3 is 0 Å². The van der Waals surface area contributed by atoms with Crippen LogP contribution >= 0.6 is 0 Å². The molecule has 0 spiro atoms. The summed E-state index contributed by atoms with van der Waals surface area (Å²) in [6.07, 6.45) is 4.47. The van der Waals surface area contributed by atoms with E-state index in [0.717, 1.165) is 12.8 Å². The van der Waals surface area contributed by atoms with Crippen LogP contribution in [0.2, 0.25) is 0 Å². The first kappa shape index (κ1) is 17.2. The molecule has 0 atom stereocenters. The van der Waals surface area contributed by atoms with E-state index in [0.29, 0.717) is 0 Å². The lowest BCUT2D eigenvalue weighted by Gasteiger charge is -2.24. The Kier molecular flexibility index (Phi) is 3.87. The Morgan fingerprint density at radius 3 is 2.25 bits per heavy atom. The summed E-state index contributed by atoms with van der Waals surface area (Å²) < 4.78 is 2.29. The van der Waals surface area contributed by atoms with Crippen molar-refractivity contribution in [1.82, 2.24) is 0 Å². The molecule has 0 bridgehead atoms. The van der Waals surface area contributed by atoms with Crippen molar-refractivity contribution in [2.24, 2.45) is 7.05 Å². The van der Waals surface area contributed by atoms with Crippen LogP contribution in [0.4, 0.5) is 0 Å². The lowest BCUT2D eigenvalue weighted by Crippen LogP contribution is -2.32. The molecule has 0 amide bonds. The molecule has 1 nitrogen and oxygen atoms in total. The summed E-state index contributed by atoms with van der Waals surface area (Å²) in [5, 5.41) is 2.67. The summed E-state index contributed by atoms with van der Waals surface area (Å²) in [7, 11) is 2.17. The van der Waals surface area contributed by atoms with Gasteiger partial charge in [-0.15, -0.1) is 0 Å². The van der Waals surface area contributed by atoms with Crippen molar-refractivity contribution in [2.75, 3.05) is 0 Å². The quantitative estimate of drug-likeness (QED) is 0.364. The molecule has 28 heavy (non-hydrogen) atoms. The molecule has 1 heteroatoms. The van der Waals surface area contributed by atoms with Crippen LogP contribution < -0.4 is 4.57 Å². The monoisotopic (exact) mass is 364 g/mol. The first-order chi connectivity index (χ1) is 13.5. The smallest absolute Gasteiger partial charge is 0.201 e. The standard InChI is InChI=1S/C27H26N/c1-17-9-11-23-24(27(17)26-13-18(2)19(3)16-28(26)4)12-10-22-14-20-7-5-6-8-21(20)15-25(22)23/h5-9,11,13-16H,10,12H2,1-4H3/q+1. The highest BCUT2D eigenvalue weighted by Gasteiger charge is 2.25. The second kappa shape index (κ2) is 6.31. The molecule has 0 saturated heterocycles. The van der Waals surface area contributed by atoms with Gasteiger partial charge in [0.2, 0.25) is 5.69 Å². The average Bonchev–Trinajstić information content (AvgIpc) is 2.69. The minimum Gasteiger partial charge on any atom is -0.201 e. The van der Waals surface area contributed by atoms with E-state index in [1.165, 1.54) is 61.0 Å². The van der Waals surface area contributed by atoms with Crippen molar-refractivity contribution >= 4 is 10.8 Å². The number of hydrogen-bond acceptors (Lipinski definition) is 0. The molecular formula is C27H26N+. The Morgan fingerprint density at radius 2 is 1.46 bits per heavy atom. The number of fused-ring (bicyclic) bond motifs is 4. The zero-order valence-corrected chi connectivity index (χ0v) is 17.1. The maximum atomic E-state index is 2.39. The molecule has 3 aromatic carbocycles. The molecule has 1 aliphatic carbocycles. The van der Waals surface area contributed by atoms with Crippen molar-refractivity contribution in [2.45, 2.75) is 33.6 Å². The van der Waals surface area contributed by atoms with E-state index >= 15 is 0 Å². The molecule has 1 heterocycles. The molecule has 0 radical (unpaired) electrons. The minimum atomic E-state index is 1.10. The Bertz CT molecular complexity index is 1250. The molecule has 0 unspecified atom stereocenters. The van der Waals surface area contributed by atoms with Crippen LogP contribution in [0.5, 0.6) is 0 Å². The minimum absolute atomic E-state index is 1.10. The zero-order chi connectivity index (χ0) is 19.4. The van der Waals surface area contributed by atoms with E-state index in [4.69, 9.17) is 0 Å². The summed E-state index contributed by atoms with van der Waals surface area (Å²) in [6, 6.07) is 20.5. The maximum absolute atomic E-state index is 2.39. The molecule has 0 aliphatic heterocycles. The van der Waals surface area contributed by atoms with Crippen molar-refractivity contribution in [3.8, 4) is 22.4 Å². The molecular weight excluding hydrogens is 338 g/mol. The van der Waals surface area contributed by atoms with E-state index in [1.807, 2.05) is 0 Å². The predicted molar refractivity (Wildman–Crippen MR) is 118 cm³/mol. The molecule has 0 N–H and O–H groups in total. The van der Waals surface area contributed by atoms with Crippen molar-refractivity contribution < 1.29 is 4.57 Å². The van der Waals surface area contributed by atoms with E-state index < -0.39 is 0 Å². The molecule has 1 aliphatic rings. The summed E-state index contributed by atoms with van der Waals surface area (Å²) in [5.41, 5.74) is 12.6. The lowest BCUT2D eigenvalue weighted by molar-refractivity contribution is -0.660. The SMILES string of the molecule is Cc1cc(-c2c(C)ccc3c2CCc2cc4ccccc4cc2-3)[n+](C)cc1C. The lowest BCUT2D eigenvalue weighted by atomic mass is 9.80. The second-order valence-electron chi connectivity index (χ2n) is 8.28. The Hall–Kier alpha value is -2.93. The first-order valence-corrected chi connectivity index (χ1v) is 10.1. The van der Waals surface area contributed by atoms with Crippen molar-refractivity contribution in [1.29, 1.82) is 0 Å². The Balaban J connectivity index is 1.79. The van der Waals surface area contributed by atoms with Gasteiger partial charge in [0.25, 0.3) is 0 Å². The van der Waals surface area contributed by atoms with Gasteiger partial charge < -0.3 is 0 Å². The van der Waals surface area contributed by atoms with Gasteiger partial charge in [-0.3, -0.25) is 0 Å². The van der Waals surface area contributed by atoms with E-state index in [2.05, 4.69) is 93.2 Å². The van der Waals surface area contributed by atoms with Crippen LogP contribution in [0.1, 0.15) is 27.8 Å². The second-order valence-corrected chi connectivity index (χ2v) is 8.28. The van der Waals surface area contributed by atoms with Crippen LogP contribution in [0, 0.1) is 20.8 Å². The number of rotatable bonds is 1. The topological polar surface area (TPSA) is 3.88 Å². The number of aromatic nitrogens is 1. The van der Waals surface area contributed by atoms with Crippen LogP contribution in [-0.2, 0) is 19.9 Å². The summed E-state index contributed by atoms with van der Waals surface area (Å²) >= 11 is 0. The fraction of sp³-hybridized carbons (Fsp3) is 0.222. The Morgan fingerprint density at radius 1 is 0.714 bits per heavy atom. The normalized spacial score (nSPS) is 12.7. The number of pyridine rings is 1. The van der Waals surface area contributed by atoms with Gasteiger partial charge in [0, 0.05) is 11.6 Å². The third kappa shape index (κ3) is 2.57. The maximum Gasteiger partial charge on any atom is 0.213 e. The van der Waals surface area contributed by atoms with Gasteiger partial charge in [-0.25, -0.2) is 4.57 Å². The van der Waals surface area contributed by atoms with Gasteiger partial charge in [0.15, 0.2) is 6.20 Å². The van der Waals surface area contributed by atoms with E-state index in [-0.39, 0.29) is 0 Å². The van der Waals surface area contributed by atoms with Crippen LogP contribution in [0.15, 0.2) is 60.8 Å². The molecule has 1 aromatic heterocycles. The highest BCUT2D eigenvalue weighted by atomic mass is 14.9. The molecule has 4 aromatic rings. The van der Waals surface area contributed by atoms with E-state index in [9.17, 15) is 0 Å².